The molecule has 4 nitrogen and oxygen atoms in total. The minimum absolute atomic E-state index is 0.0125. The summed E-state index contributed by atoms with van der Waals surface area (Å²) in [5, 5.41) is 0. The molecule has 0 radical (unpaired) electrons. The summed E-state index contributed by atoms with van der Waals surface area (Å²) < 4.78 is 11.1. The molecule has 0 bridgehead atoms. The summed E-state index contributed by atoms with van der Waals surface area (Å²) >= 11 is 5.77. The van der Waals surface area contributed by atoms with Crippen molar-refractivity contribution < 1.29 is 14.3 Å². The van der Waals surface area contributed by atoms with Crippen LogP contribution in [0.15, 0.2) is 18.2 Å². The van der Waals surface area contributed by atoms with E-state index >= 15 is 0 Å². The van der Waals surface area contributed by atoms with E-state index in [-0.39, 0.29) is 11.8 Å². The summed E-state index contributed by atoms with van der Waals surface area (Å²) in [6.07, 6.45) is 4.54. The zero-order valence-electron chi connectivity index (χ0n) is 12.0. The van der Waals surface area contributed by atoms with Gasteiger partial charge in [-0.3, -0.25) is 4.79 Å². The molecule has 0 N–H and O–H groups in total. The molecule has 3 rings (SSSR count). The van der Waals surface area contributed by atoms with Crippen molar-refractivity contribution in [3.8, 4) is 11.5 Å². The number of ether oxygens (including phenoxy) is 2. The lowest BCUT2D eigenvalue weighted by atomic mass is 10.1. The van der Waals surface area contributed by atoms with Gasteiger partial charge in [-0.15, -0.1) is 11.6 Å². The third-order valence-corrected chi connectivity index (χ3v) is 4.39. The van der Waals surface area contributed by atoms with Crippen molar-refractivity contribution in [3.05, 3.63) is 23.8 Å². The number of carbonyl (C=O) groups excluding carboxylic acids is 1. The Balaban J connectivity index is 1.77. The molecule has 1 heterocycles. The van der Waals surface area contributed by atoms with E-state index in [2.05, 4.69) is 0 Å². The van der Waals surface area contributed by atoms with Gasteiger partial charge in [-0.05, 0) is 30.5 Å². The predicted molar refractivity (Wildman–Crippen MR) is 81.0 cm³/mol. The van der Waals surface area contributed by atoms with Gasteiger partial charge in [0.15, 0.2) is 11.5 Å². The van der Waals surface area contributed by atoms with Crippen molar-refractivity contribution in [2.24, 2.45) is 0 Å². The second kappa shape index (κ2) is 6.56. The van der Waals surface area contributed by atoms with Gasteiger partial charge >= 0.3 is 0 Å². The molecule has 0 unspecified atom stereocenters. The van der Waals surface area contributed by atoms with E-state index in [9.17, 15) is 4.79 Å². The van der Waals surface area contributed by atoms with E-state index in [4.69, 9.17) is 21.1 Å². The Hall–Kier alpha value is -1.42. The predicted octanol–water partition coefficient (Wildman–Crippen LogP) is 2.97. The maximum Gasteiger partial charge on any atom is 0.238 e. The van der Waals surface area contributed by atoms with E-state index in [0.717, 1.165) is 29.9 Å². The molecule has 1 aliphatic heterocycles. The van der Waals surface area contributed by atoms with E-state index in [1.807, 2.05) is 23.1 Å². The van der Waals surface area contributed by atoms with Gasteiger partial charge in [-0.2, -0.15) is 0 Å². The minimum atomic E-state index is 0.0125. The van der Waals surface area contributed by atoms with Gasteiger partial charge in [-0.25, -0.2) is 0 Å². The maximum atomic E-state index is 12.1. The average molecular weight is 310 g/mol. The molecule has 2 aliphatic rings. The minimum Gasteiger partial charge on any atom is -0.486 e. The molecule has 1 aromatic rings. The summed E-state index contributed by atoms with van der Waals surface area (Å²) in [5.41, 5.74) is 1.06. The second-order valence-electron chi connectivity index (χ2n) is 5.57. The molecule has 0 saturated heterocycles. The largest absolute Gasteiger partial charge is 0.486 e. The van der Waals surface area contributed by atoms with Crippen molar-refractivity contribution in [2.45, 2.75) is 38.3 Å². The molecule has 0 spiro atoms. The monoisotopic (exact) mass is 309 g/mol. The molecular weight excluding hydrogens is 290 g/mol. The van der Waals surface area contributed by atoms with Crippen LogP contribution in [-0.4, -0.2) is 35.9 Å². The molecule has 21 heavy (non-hydrogen) atoms. The number of nitrogens with zero attached hydrogens (tertiary/aromatic N) is 1. The van der Waals surface area contributed by atoms with E-state index in [1.165, 1.54) is 12.8 Å². The van der Waals surface area contributed by atoms with Crippen molar-refractivity contribution in [1.82, 2.24) is 4.90 Å². The Kier molecular flexibility index (Phi) is 4.54. The first-order chi connectivity index (χ1) is 10.3. The highest BCUT2D eigenvalue weighted by Gasteiger charge is 2.26. The SMILES string of the molecule is O=C(CCl)N(Cc1ccc2c(c1)OCCO2)C1CCCC1. The van der Waals surface area contributed by atoms with Crippen LogP contribution in [0.1, 0.15) is 31.2 Å². The number of benzene rings is 1. The highest BCUT2D eigenvalue weighted by Crippen LogP contribution is 2.32. The summed E-state index contributed by atoms with van der Waals surface area (Å²) in [4.78, 5) is 14.1. The van der Waals surface area contributed by atoms with Gasteiger partial charge in [0, 0.05) is 12.6 Å². The average Bonchev–Trinajstić information content (AvgIpc) is 3.06. The highest BCUT2D eigenvalue weighted by molar-refractivity contribution is 6.27. The fraction of sp³-hybridized carbons (Fsp3) is 0.562. The van der Waals surface area contributed by atoms with Gasteiger partial charge in [-0.1, -0.05) is 18.9 Å². The van der Waals surface area contributed by atoms with Crippen LogP contribution in [0.25, 0.3) is 0 Å². The summed E-state index contributed by atoms with van der Waals surface area (Å²) in [7, 11) is 0. The van der Waals surface area contributed by atoms with Crippen molar-refractivity contribution in [2.75, 3.05) is 19.1 Å². The van der Waals surface area contributed by atoms with Crippen molar-refractivity contribution in [1.29, 1.82) is 0 Å². The van der Waals surface area contributed by atoms with Crippen LogP contribution >= 0.6 is 11.6 Å². The molecular formula is C16H20ClNO3. The molecule has 1 aromatic carbocycles. The van der Waals surface area contributed by atoms with Crippen molar-refractivity contribution in [3.63, 3.8) is 0 Å². The van der Waals surface area contributed by atoms with Crippen LogP contribution in [-0.2, 0) is 11.3 Å². The number of rotatable bonds is 4. The van der Waals surface area contributed by atoms with Crippen LogP contribution in [0, 0.1) is 0 Å². The fourth-order valence-electron chi connectivity index (χ4n) is 3.10. The Labute approximate surface area is 130 Å². The first-order valence-electron chi connectivity index (χ1n) is 7.52. The number of fused-ring (bicyclic) bond motifs is 1. The molecule has 0 atom stereocenters. The molecule has 1 amide bonds. The van der Waals surface area contributed by atoms with Gasteiger partial charge in [0.1, 0.15) is 19.1 Å². The topological polar surface area (TPSA) is 38.8 Å². The third kappa shape index (κ3) is 3.26. The molecule has 5 heteroatoms. The van der Waals surface area contributed by atoms with E-state index in [0.29, 0.717) is 25.8 Å². The lowest BCUT2D eigenvalue weighted by molar-refractivity contribution is -0.131. The lowest BCUT2D eigenvalue weighted by Gasteiger charge is -2.29. The van der Waals surface area contributed by atoms with Crippen LogP contribution in [0.2, 0.25) is 0 Å². The Morgan fingerprint density at radius 2 is 1.90 bits per heavy atom. The third-order valence-electron chi connectivity index (χ3n) is 4.16. The van der Waals surface area contributed by atoms with Gasteiger partial charge in [0.2, 0.25) is 5.91 Å². The molecule has 1 fully saturated rings. The second-order valence-corrected chi connectivity index (χ2v) is 5.84. The smallest absolute Gasteiger partial charge is 0.238 e. The first-order valence-corrected chi connectivity index (χ1v) is 8.05. The summed E-state index contributed by atoms with van der Waals surface area (Å²) in [6.45, 7) is 1.75. The quantitative estimate of drug-likeness (QED) is 0.803. The van der Waals surface area contributed by atoms with Gasteiger partial charge in [0.05, 0.1) is 0 Å². The standard InChI is InChI=1S/C16H20ClNO3/c17-10-16(19)18(13-3-1-2-4-13)11-12-5-6-14-15(9-12)21-8-7-20-14/h5-6,9,13H,1-4,7-8,10-11H2. The normalized spacial score (nSPS) is 17.8. The number of amides is 1. The van der Waals surface area contributed by atoms with Crippen molar-refractivity contribution >= 4 is 17.5 Å². The van der Waals surface area contributed by atoms with E-state index in [1.54, 1.807) is 0 Å². The van der Waals surface area contributed by atoms with Crippen LogP contribution in [0.5, 0.6) is 11.5 Å². The summed E-state index contributed by atoms with van der Waals surface area (Å²) in [5.74, 6) is 1.60. The van der Waals surface area contributed by atoms with E-state index < -0.39 is 0 Å². The lowest BCUT2D eigenvalue weighted by Crippen LogP contribution is -2.39. The molecule has 114 valence electrons. The van der Waals surface area contributed by atoms with Gasteiger partial charge in [0.25, 0.3) is 0 Å². The highest BCUT2D eigenvalue weighted by atomic mass is 35.5. The Bertz CT molecular complexity index is 514. The summed E-state index contributed by atoms with van der Waals surface area (Å²) in [6, 6.07) is 6.21. The number of alkyl halides is 1. The molecule has 1 saturated carbocycles. The zero-order chi connectivity index (χ0) is 14.7. The van der Waals surface area contributed by atoms with Crippen LogP contribution in [0.4, 0.5) is 0 Å². The van der Waals surface area contributed by atoms with Gasteiger partial charge < -0.3 is 14.4 Å². The molecule has 1 aliphatic carbocycles. The molecule has 0 aromatic heterocycles. The fourth-order valence-corrected chi connectivity index (χ4v) is 3.25. The maximum absolute atomic E-state index is 12.1. The van der Waals surface area contributed by atoms with Crippen LogP contribution < -0.4 is 9.47 Å². The Morgan fingerprint density at radius 1 is 1.19 bits per heavy atom. The number of hydrogen-bond donors (Lipinski definition) is 0. The number of carbonyl (C=O) groups is 1. The Morgan fingerprint density at radius 3 is 2.62 bits per heavy atom. The first kappa shape index (κ1) is 14.5. The zero-order valence-corrected chi connectivity index (χ0v) is 12.8. The van der Waals surface area contributed by atoms with Crippen LogP contribution in [0.3, 0.4) is 0 Å². The number of halogens is 1. The number of hydrogen-bond acceptors (Lipinski definition) is 3.